The molecule has 0 fully saturated rings. The van der Waals surface area contributed by atoms with Crippen LogP contribution >= 0.6 is 11.3 Å². The van der Waals surface area contributed by atoms with Crippen LogP contribution in [-0.4, -0.2) is 10.7 Å². The number of nitrogens with zero attached hydrogens (tertiary/aromatic N) is 2. The van der Waals surface area contributed by atoms with E-state index >= 15 is 0 Å². The summed E-state index contributed by atoms with van der Waals surface area (Å²) in [6.07, 6.45) is 4.28. The summed E-state index contributed by atoms with van der Waals surface area (Å²) in [5.41, 5.74) is 7.67. The van der Waals surface area contributed by atoms with Crippen molar-refractivity contribution in [3.8, 4) is 11.3 Å². The van der Waals surface area contributed by atoms with E-state index in [-0.39, 0.29) is 0 Å². The molecule has 0 atom stereocenters. The highest BCUT2D eigenvalue weighted by Gasteiger charge is 2.07. The number of hydrazone groups is 1. The molecular formula is C15H15N3S. The molecule has 2 aromatic rings. The smallest absolute Gasteiger partial charge is 0.203 e. The summed E-state index contributed by atoms with van der Waals surface area (Å²) in [4.78, 5) is 4.54. The van der Waals surface area contributed by atoms with Gasteiger partial charge in [-0.1, -0.05) is 35.9 Å². The van der Waals surface area contributed by atoms with Crippen molar-refractivity contribution < 1.29 is 0 Å². The van der Waals surface area contributed by atoms with E-state index in [0.29, 0.717) is 0 Å². The first kappa shape index (κ1) is 12.1. The molecule has 1 aliphatic carbocycles. The highest BCUT2D eigenvalue weighted by molar-refractivity contribution is 7.14. The molecule has 19 heavy (non-hydrogen) atoms. The molecule has 1 aromatic heterocycles. The second-order valence-corrected chi connectivity index (χ2v) is 5.47. The monoisotopic (exact) mass is 269 g/mol. The molecule has 3 nitrogen and oxygen atoms in total. The summed E-state index contributed by atoms with van der Waals surface area (Å²) in [6, 6.07) is 10.2. The lowest BCUT2D eigenvalue weighted by Gasteiger charge is -1.96. The molecule has 0 spiro atoms. The molecule has 0 radical (unpaired) electrons. The number of anilines is 1. The molecular weight excluding hydrogens is 254 g/mol. The highest BCUT2D eigenvalue weighted by Crippen LogP contribution is 2.24. The van der Waals surface area contributed by atoms with E-state index in [1.807, 2.05) is 23.6 Å². The summed E-state index contributed by atoms with van der Waals surface area (Å²) < 4.78 is 0. The fourth-order valence-electron chi connectivity index (χ4n) is 2.03. The van der Waals surface area contributed by atoms with Crippen molar-refractivity contribution in [2.24, 2.45) is 5.10 Å². The van der Waals surface area contributed by atoms with E-state index in [0.717, 1.165) is 34.9 Å². The van der Waals surface area contributed by atoms with Gasteiger partial charge in [-0.2, -0.15) is 5.10 Å². The van der Waals surface area contributed by atoms with Crippen molar-refractivity contribution in [3.05, 3.63) is 47.4 Å². The summed E-state index contributed by atoms with van der Waals surface area (Å²) >= 11 is 1.58. The minimum atomic E-state index is 0.837. The van der Waals surface area contributed by atoms with E-state index < -0.39 is 0 Å². The number of thiazole rings is 1. The zero-order valence-electron chi connectivity index (χ0n) is 10.8. The van der Waals surface area contributed by atoms with Gasteiger partial charge in [0.05, 0.1) is 11.4 Å². The summed E-state index contributed by atoms with van der Waals surface area (Å²) in [5, 5.41) is 7.28. The van der Waals surface area contributed by atoms with Crippen LogP contribution in [0.4, 0.5) is 5.13 Å². The molecule has 1 aromatic carbocycles. The van der Waals surface area contributed by atoms with Crippen LogP contribution in [0.3, 0.4) is 0 Å². The van der Waals surface area contributed by atoms with Gasteiger partial charge in [-0.25, -0.2) is 4.98 Å². The molecule has 96 valence electrons. The third-order valence-electron chi connectivity index (χ3n) is 3.06. The van der Waals surface area contributed by atoms with E-state index in [9.17, 15) is 0 Å². The van der Waals surface area contributed by atoms with Gasteiger partial charge < -0.3 is 0 Å². The Labute approximate surface area is 116 Å². The van der Waals surface area contributed by atoms with Crippen LogP contribution in [0.5, 0.6) is 0 Å². The Hall–Kier alpha value is -1.94. The fourth-order valence-corrected chi connectivity index (χ4v) is 2.69. The Morgan fingerprint density at radius 2 is 2.05 bits per heavy atom. The predicted octanol–water partition coefficient (Wildman–Crippen LogP) is 4.32. The van der Waals surface area contributed by atoms with E-state index in [1.165, 1.54) is 5.57 Å². The van der Waals surface area contributed by atoms with Crippen molar-refractivity contribution in [1.29, 1.82) is 0 Å². The van der Waals surface area contributed by atoms with Gasteiger partial charge in [0.25, 0.3) is 0 Å². The lowest BCUT2D eigenvalue weighted by molar-refractivity contribution is 1.05. The molecule has 0 saturated carbocycles. The Bertz CT molecular complexity index is 626. The lowest BCUT2D eigenvalue weighted by Crippen LogP contribution is -1.95. The molecule has 0 aliphatic heterocycles. The first-order valence-corrected chi connectivity index (χ1v) is 7.20. The summed E-state index contributed by atoms with van der Waals surface area (Å²) in [7, 11) is 0. The van der Waals surface area contributed by atoms with Gasteiger partial charge in [-0.3, -0.25) is 5.43 Å². The van der Waals surface area contributed by atoms with Crippen molar-refractivity contribution in [2.75, 3.05) is 5.43 Å². The molecule has 1 heterocycles. The van der Waals surface area contributed by atoms with Crippen LogP contribution in [0.25, 0.3) is 11.3 Å². The van der Waals surface area contributed by atoms with Gasteiger partial charge in [0.1, 0.15) is 0 Å². The Kier molecular flexibility index (Phi) is 3.42. The standard InChI is InChI=1S/C15H15N3S/c1-11-7-8-13(9-11)17-18-15-16-14(10-19-15)12-5-3-2-4-6-12/h2-6,9-10H,7-8H2,1H3,(H,16,18)/b17-13+. The van der Waals surface area contributed by atoms with Gasteiger partial charge in [0.15, 0.2) is 0 Å². The first-order chi connectivity index (χ1) is 9.31. The van der Waals surface area contributed by atoms with Crippen molar-refractivity contribution in [3.63, 3.8) is 0 Å². The number of hydrogen-bond donors (Lipinski definition) is 1. The van der Waals surface area contributed by atoms with E-state index in [4.69, 9.17) is 0 Å². The minimum Gasteiger partial charge on any atom is -0.252 e. The molecule has 1 aliphatic rings. The molecule has 0 unspecified atom stereocenters. The number of aromatic nitrogens is 1. The fraction of sp³-hybridized carbons (Fsp3) is 0.200. The van der Waals surface area contributed by atoms with Crippen molar-refractivity contribution in [1.82, 2.24) is 4.98 Å². The number of hydrogen-bond acceptors (Lipinski definition) is 4. The summed E-state index contributed by atoms with van der Waals surface area (Å²) in [5.74, 6) is 0. The zero-order chi connectivity index (χ0) is 13.1. The third-order valence-corrected chi connectivity index (χ3v) is 3.80. The zero-order valence-corrected chi connectivity index (χ0v) is 11.6. The molecule has 0 amide bonds. The normalized spacial score (nSPS) is 16.7. The molecule has 1 N–H and O–H groups in total. The summed E-state index contributed by atoms with van der Waals surface area (Å²) in [6.45, 7) is 2.14. The average Bonchev–Trinajstić information content (AvgIpc) is 3.06. The van der Waals surface area contributed by atoms with Crippen molar-refractivity contribution >= 4 is 22.2 Å². The molecule has 0 bridgehead atoms. The predicted molar refractivity (Wildman–Crippen MR) is 81.6 cm³/mol. The third kappa shape index (κ3) is 2.90. The topological polar surface area (TPSA) is 37.3 Å². The highest BCUT2D eigenvalue weighted by atomic mass is 32.1. The second kappa shape index (κ2) is 5.36. The van der Waals surface area contributed by atoms with Gasteiger partial charge in [0.2, 0.25) is 5.13 Å². The van der Waals surface area contributed by atoms with Crippen LogP contribution in [-0.2, 0) is 0 Å². The van der Waals surface area contributed by atoms with Gasteiger partial charge >= 0.3 is 0 Å². The average molecular weight is 269 g/mol. The minimum absolute atomic E-state index is 0.837. The number of benzene rings is 1. The van der Waals surface area contributed by atoms with Crippen LogP contribution < -0.4 is 5.43 Å². The number of nitrogens with one attached hydrogen (secondary N) is 1. The first-order valence-electron chi connectivity index (χ1n) is 6.32. The van der Waals surface area contributed by atoms with Crippen LogP contribution in [0.15, 0.2) is 52.5 Å². The maximum Gasteiger partial charge on any atom is 0.203 e. The quantitative estimate of drug-likeness (QED) is 0.843. The SMILES string of the molecule is CC1=C/C(=N/Nc2nc(-c3ccccc3)cs2)CC1. The Morgan fingerprint density at radius 1 is 1.21 bits per heavy atom. The van der Waals surface area contributed by atoms with Gasteiger partial charge in [0, 0.05) is 10.9 Å². The molecule has 4 heteroatoms. The lowest BCUT2D eigenvalue weighted by atomic mass is 10.2. The molecule has 3 rings (SSSR count). The van der Waals surface area contributed by atoms with Crippen LogP contribution in [0.2, 0.25) is 0 Å². The Balaban J connectivity index is 1.72. The van der Waals surface area contributed by atoms with Crippen LogP contribution in [0, 0.1) is 0 Å². The van der Waals surface area contributed by atoms with Gasteiger partial charge in [-0.15, -0.1) is 11.3 Å². The van der Waals surface area contributed by atoms with Gasteiger partial charge in [-0.05, 0) is 25.8 Å². The second-order valence-electron chi connectivity index (χ2n) is 4.61. The Morgan fingerprint density at radius 3 is 2.79 bits per heavy atom. The van der Waals surface area contributed by atoms with Crippen molar-refractivity contribution in [2.45, 2.75) is 19.8 Å². The largest absolute Gasteiger partial charge is 0.252 e. The van der Waals surface area contributed by atoms with Crippen LogP contribution in [0.1, 0.15) is 19.8 Å². The maximum atomic E-state index is 4.54. The molecule has 0 saturated heterocycles. The van der Waals surface area contributed by atoms with E-state index in [1.54, 1.807) is 11.3 Å². The number of rotatable bonds is 3. The maximum absolute atomic E-state index is 4.54. The number of allylic oxidation sites excluding steroid dienone is 2. The van der Waals surface area contributed by atoms with E-state index in [2.05, 4.69) is 40.6 Å².